The van der Waals surface area contributed by atoms with Gasteiger partial charge in [0.2, 0.25) is 11.8 Å². The van der Waals surface area contributed by atoms with E-state index in [1.54, 1.807) is 50.1 Å². The van der Waals surface area contributed by atoms with Crippen molar-refractivity contribution in [2.45, 2.75) is 26.7 Å². The predicted octanol–water partition coefficient (Wildman–Crippen LogP) is 3.14. The van der Waals surface area contributed by atoms with Gasteiger partial charge in [0.15, 0.2) is 0 Å². The van der Waals surface area contributed by atoms with Crippen LogP contribution in [-0.4, -0.2) is 60.1 Å². The first kappa shape index (κ1) is 25.7. The van der Waals surface area contributed by atoms with Crippen LogP contribution in [0.3, 0.4) is 0 Å². The molecule has 1 saturated heterocycles. The number of nitrogens with two attached hydrogens (primary N) is 1. The molecule has 36 heavy (non-hydrogen) atoms. The zero-order valence-corrected chi connectivity index (χ0v) is 21.5. The van der Waals surface area contributed by atoms with Crippen molar-refractivity contribution in [1.82, 2.24) is 9.91 Å². The lowest BCUT2D eigenvalue weighted by Gasteiger charge is -2.42. The van der Waals surface area contributed by atoms with Crippen molar-refractivity contribution in [1.29, 1.82) is 0 Å². The highest BCUT2D eigenvalue weighted by Crippen LogP contribution is 2.40. The quantitative estimate of drug-likeness (QED) is 0.589. The predicted molar refractivity (Wildman–Crippen MR) is 137 cm³/mol. The van der Waals surface area contributed by atoms with Gasteiger partial charge >= 0.3 is 0 Å². The van der Waals surface area contributed by atoms with E-state index >= 15 is 0 Å². The summed E-state index contributed by atoms with van der Waals surface area (Å²) in [5.74, 6) is -1.51. The highest BCUT2D eigenvalue weighted by Gasteiger charge is 2.54. The molecule has 0 aliphatic carbocycles. The lowest BCUT2D eigenvalue weighted by Crippen LogP contribution is -2.58. The first-order chi connectivity index (χ1) is 17.1. The third kappa shape index (κ3) is 4.69. The number of nitrogens with zero attached hydrogens (tertiary/aromatic N) is 3. The number of carbonyl (C=O) groups excluding carboxylic acids is 3. The number of fused-ring (bicyclic) bond motifs is 1. The fraction of sp³-hybridized carbons (Fsp3) is 0.407. The first-order valence-corrected chi connectivity index (χ1v) is 12.3. The maximum Gasteiger partial charge on any atom is 0.256 e. The Bertz CT molecular complexity index is 1200. The number of hydrogen-bond acceptors (Lipinski definition) is 5. The minimum atomic E-state index is -1.20. The largest absolute Gasteiger partial charge is 0.491 e. The van der Waals surface area contributed by atoms with Gasteiger partial charge in [-0.15, -0.1) is 0 Å². The van der Waals surface area contributed by atoms with E-state index in [1.165, 1.54) is 5.01 Å². The molecule has 2 aromatic carbocycles. The second kappa shape index (κ2) is 9.93. The minimum absolute atomic E-state index is 0.0878. The Hall–Kier alpha value is -3.39. The Balaban J connectivity index is 1.63. The van der Waals surface area contributed by atoms with Gasteiger partial charge in [-0.3, -0.25) is 14.4 Å². The van der Waals surface area contributed by atoms with Gasteiger partial charge in [-0.1, -0.05) is 67.9 Å². The molecule has 9 heteroatoms. The molecular weight excluding hydrogens is 480 g/mol. The van der Waals surface area contributed by atoms with Crippen LogP contribution in [0.1, 0.15) is 25.8 Å². The molecule has 2 atom stereocenters. The minimum Gasteiger partial charge on any atom is -0.491 e. The first-order valence-electron chi connectivity index (χ1n) is 11.9. The van der Waals surface area contributed by atoms with Crippen LogP contribution in [0.2, 0.25) is 5.02 Å². The molecule has 2 heterocycles. The Morgan fingerprint density at radius 2 is 1.83 bits per heavy atom. The van der Waals surface area contributed by atoms with Gasteiger partial charge in [-0.25, -0.2) is 5.01 Å². The maximum absolute atomic E-state index is 14.0. The zero-order chi connectivity index (χ0) is 26.1. The highest BCUT2D eigenvalue weighted by molar-refractivity contribution is 6.32. The summed E-state index contributed by atoms with van der Waals surface area (Å²) < 4.78 is 5.91. The standard InChI is InChI=1S/C27H31ClN4O4/c1-26(2,24(29)34)19(16-36-21-12-8-7-11-20(21)28)23(33)32-14-13-22-27(17-32,25(35)31(3)30-22)15-18-9-5-4-6-10-18/h4-12,19H,13-17H2,1-3H3,(H2,29,34)/t19-,27-/m1/s1. The van der Waals surface area contributed by atoms with E-state index in [2.05, 4.69) is 5.10 Å². The normalized spacial score (nSPS) is 20.6. The van der Waals surface area contributed by atoms with Crippen LogP contribution in [0.4, 0.5) is 0 Å². The Morgan fingerprint density at radius 1 is 1.17 bits per heavy atom. The number of rotatable bonds is 8. The zero-order valence-electron chi connectivity index (χ0n) is 20.7. The van der Waals surface area contributed by atoms with E-state index in [9.17, 15) is 14.4 Å². The van der Waals surface area contributed by atoms with Crippen molar-refractivity contribution in [2.24, 2.45) is 27.6 Å². The molecule has 8 nitrogen and oxygen atoms in total. The summed E-state index contributed by atoms with van der Waals surface area (Å²) >= 11 is 6.23. The number of amides is 3. The number of ether oxygens (including phenoxy) is 1. The molecular formula is C27H31ClN4O4. The van der Waals surface area contributed by atoms with Gasteiger partial charge in [-0.05, 0) is 24.1 Å². The Kier molecular flexibility index (Phi) is 7.09. The van der Waals surface area contributed by atoms with Crippen LogP contribution in [0, 0.1) is 16.7 Å². The van der Waals surface area contributed by atoms with Gasteiger partial charge in [0, 0.05) is 26.6 Å². The molecule has 0 unspecified atom stereocenters. The monoisotopic (exact) mass is 510 g/mol. The Morgan fingerprint density at radius 3 is 2.50 bits per heavy atom. The van der Waals surface area contributed by atoms with Gasteiger partial charge in [0.1, 0.15) is 17.8 Å². The molecule has 2 aliphatic rings. The molecule has 2 aromatic rings. The molecule has 2 N–H and O–H groups in total. The molecule has 1 fully saturated rings. The van der Waals surface area contributed by atoms with Crippen LogP contribution in [0.25, 0.3) is 0 Å². The summed E-state index contributed by atoms with van der Waals surface area (Å²) in [6.45, 7) is 3.74. The molecule has 4 rings (SSSR count). The number of primary amides is 1. The van der Waals surface area contributed by atoms with Gasteiger partial charge in [-0.2, -0.15) is 5.10 Å². The molecule has 0 aromatic heterocycles. The van der Waals surface area contributed by atoms with Crippen molar-refractivity contribution in [2.75, 3.05) is 26.7 Å². The van der Waals surface area contributed by atoms with Gasteiger partial charge in [0.05, 0.1) is 22.1 Å². The van der Waals surface area contributed by atoms with Gasteiger partial charge < -0.3 is 15.4 Å². The van der Waals surface area contributed by atoms with Gasteiger partial charge in [0.25, 0.3) is 5.91 Å². The van der Waals surface area contributed by atoms with Crippen molar-refractivity contribution >= 4 is 35.0 Å². The van der Waals surface area contributed by atoms with Crippen LogP contribution in [-0.2, 0) is 20.8 Å². The summed E-state index contributed by atoms with van der Waals surface area (Å²) in [6, 6.07) is 16.7. The number of halogens is 1. The average Bonchev–Trinajstić information content (AvgIpc) is 3.09. The summed E-state index contributed by atoms with van der Waals surface area (Å²) in [4.78, 5) is 41.4. The number of piperidine rings is 1. The van der Waals surface area contributed by atoms with E-state index in [0.717, 1.165) is 11.3 Å². The number of likely N-dealkylation sites (tertiary alicyclic amines) is 1. The van der Waals surface area contributed by atoms with Crippen molar-refractivity contribution < 1.29 is 19.1 Å². The number of para-hydroxylation sites is 1. The highest BCUT2D eigenvalue weighted by atomic mass is 35.5. The third-order valence-corrected chi connectivity index (χ3v) is 7.62. The van der Waals surface area contributed by atoms with E-state index in [-0.39, 0.29) is 25.0 Å². The number of carbonyl (C=O) groups is 3. The molecule has 0 spiro atoms. The third-order valence-electron chi connectivity index (χ3n) is 7.31. The maximum atomic E-state index is 14.0. The van der Waals surface area contributed by atoms with Crippen molar-refractivity contribution in [3.8, 4) is 5.75 Å². The smallest absolute Gasteiger partial charge is 0.256 e. The fourth-order valence-corrected chi connectivity index (χ4v) is 5.12. The second-order valence-corrected chi connectivity index (χ2v) is 10.4. The summed E-state index contributed by atoms with van der Waals surface area (Å²) in [5, 5.41) is 6.29. The van der Waals surface area contributed by atoms with Crippen molar-refractivity contribution in [3.63, 3.8) is 0 Å². The molecule has 190 valence electrons. The molecule has 0 bridgehead atoms. The summed E-state index contributed by atoms with van der Waals surface area (Å²) in [5.41, 5.74) is 5.34. The molecule has 0 saturated carbocycles. The van der Waals surface area contributed by atoms with E-state index in [1.807, 2.05) is 30.3 Å². The Labute approximate surface area is 216 Å². The lowest BCUT2D eigenvalue weighted by molar-refractivity contribution is -0.149. The number of benzene rings is 2. The van der Waals surface area contributed by atoms with Crippen LogP contribution < -0.4 is 10.5 Å². The van der Waals surface area contributed by atoms with Crippen LogP contribution >= 0.6 is 11.6 Å². The topological polar surface area (TPSA) is 105 Å². The molecule has 0 radical (unpaired) electrons. The average molecular weight is 511 g/mol. The van der Waals surface area contributed by atoms with Crippen LogP contribution in [0.5, 0.6) is 5.75 Å². The summed E-state index contributed by atoms with van der Waals surface area (Å²) in [6.07, 6.45) is 0.892. The van der Waals surface area contributed by atoms with E-state index in [4.69, 9.17) is 22.1 Å². The number of hydrazone groups is 1. The SMILES string of the molecule is CN1N=C2CCN(C(=O)[C@@H](COc3ccccc3Cl)C(C)(C)C(N)=O)C[C@@]2(Cc2ccccc2)C1=O. The number of hydrogen-bond donors (Lipinski definition) is 1. The van der Waals surface area contributed by atoms with Crippen molar-refractivity contribution in [3.05, 3.63) is 65.2 Å². The van der Waals surface area contributed by atoms with Crippen LogP contribution in [0.15, 0.2) is 59.7 Å². The second-order valence-electron chi connectivity index (χ2n) is 10.0. The molecule has 2 aliphatic heterocycles. The fourth-order valence-electron chi connectivity index (χ4n) is 4.93. The summed E-state index contributed by atoms with van der Waals surface area (Å²) in [7, 11) is 1.64. The van der Waals surface area contributed by atoms with E-state index < -0.39 is 22.7 Å². The molecule has 3 amide bonds. The lowest BCUT2D eigenvalue weighted by atomic mass is 9.72. The van der Waals surface area contributed by atoms with E-state index in [0.29, 0.717) is 30.2 Å².